The summed E-state index contributed by atoms with van der Waals surface area (Å²) in [5.41, 5.74) is -0.656. The summed E-state index contributed by atoms with van der Waals surface area (Å²) in [5.74, 6) is -0.113. The summed E-state index contributed by atoms with van der Waals surface area (Å²) in [5, 5.41) is 2.45. The van der Waals surface area contributed by atoms with Gasteiger partial charge in [0.15, 0.2) is 0 Å². The third kappa shape index (κ3) is 5.26. The molecule has 0 aromatic heterocycles. The molecule has 25 heavy (non-hydrogen) atoms. The molecule has 1 heterocycles. The Hall–Kier alpha value is -1.96. The lowest BCUT2D eigenvalue weighted by Crippen LogP contribution is -2.50. The van der Waals surface area contributed by atoms with Crippen LogP contribution in [0, 0.1) is 0 Å². The molecule has 138 valence electrons. The molecule has 9 heteroatoms. The van der Waals surface area contributed by atoms with Crippen LogP contribution in [0.4, 0.5) is 18.9 Å². The molecule has 0 aliphatic carbocycles. The molecular weight excluding hydrogens is 359 g/mol. The number of nitrogens with zero attached hydrogens (tertiary/aromatic N) is 2. The number of anilines is 1. The third-order valence-corrected chi connectivity index (χ3v) is 4.35. The summed E-state index contributed by atoms with van der Waals surface area (Å²) < 4.78 is 38.4. The molecule has 1 aromatic carbocycles. The molecule has 1 N–H and O–H groups in total. The molecule has 1 fully saturated rings. The van der Waals surface area contributed by atoms with Crippen molar-refractivity contribution in [1.82, 2.24) is 9.80 Å². The van der Waals surface area contributed by atoms with Crippen molar-refractivity contribution in [2.24, 2.45) is 0 Å². The van der Waals surface area contributed by atoms with E-state index in [-0.39, 0.29) is 35.5 Å². The van der Waals surface area contributed by atoms with Crippen molar-refractivity contribution in [1.29, 1.82) is 0 Å². The first-order chi connectivity index (χ1) is 11.7. The summed E-state index contributed by atoms with van der Waals surface area (Å²) in [6.45, 7) is 3.64. The molecule has 1 aliphatic heterocycles. The second-order valence-electron chi connectivity index (χ2n) is 5.76. The molecule has 1 aromatic rings. The van der Waals surface area contributed by atoms with E-state index in [1.807, 2.05) is 0 Å². The quantitative estimate of drug-likeness (QED) is 0.877. The van der Waals surface area contributed by atoms with Crippen LogP contribution in [-0.4, -0.2) is 54.3 Å². The zero-order chi connectivity index (χ0) is 18.6. The van der Waals surface area contributed by atoms with E-state index < -0.39 is 11.7 Å². The zero-order valence-electron chi connectivity index (χ0n) is 13.7. The fourth-order valence-electron chi connectivity index (χ4n) is 2.60. The number of carbonyl (C=O) groups excluding carboxylic acids is 2. The van der Waals surface area contributed by atoms with Gasteiger partial charge in [0.25, 0.3) is 0 Å². The van der Waals surface area contributed by atoms with Gasteiger partial charge in [0.2, 0.25) is 11.8 Å². The average molecular weight is 378 g/mol. The van der Waals surface area contributed by atoms with Gasteiger partial charge in [0.1, 0.15) is 0 Å². The van der Waals surface area contributed by atoms with Crippen molar-refractivity contribution >= 4 is 29.1 Å². The SMILES string of the molecule is CC(=O)N1CCN(C(=O)CCNc2ccc(Cl)c(C(F)(F)F)c2)CC1. The van der Waals surface area contributed by atoms with Crippen LogP contribution in [-0.2, 0) is 15.8 Å². The van der Waals surface area contributed by atoms with E-state index >= 15 is 0 Å². The van der Waals surface area contributed by atoms with E-state index in [1.165, 1.54) is 19.1 Å². The molecule has 0 atom stereocenters. The predicted molar refractivity (Wildman–Crippen MR) is 88.4 cm³/mol. The molecule has 2 rings (SSSR count). The van der Waals surface area contributed by atoms with Gasteiger partial charge in [-0.2, -0.15) is 13.2 Å². The van der Waals surface area contributed by atoms with Crippen LogP contribution in [0.25, 0.3) is 0 Å². The number of benzene rings is 1. The van der Waals surface area contributed by atoms with Gasteiger partial charge in [-0.15, -0.1) is 0 Å². The van der Waals surface area contributed by atoms with Gasteiger partial charge in [-0.3, -0.25) is 9.59 Å². The fourth-order valence-corrected chi connectivity index (χ4v) is 2.82. The Kier molecular flexibility index (Phi) is 6.16. The standard InChI is InChI=1S/C16H19ClF3N3O2/c1-11(24)22-6-8-23(9-7-22)15(25)4-5-21-12-2-3-14(17)13(10-12)16(18,19)20/h2-3,10,21H,4-9H2,1H3. The Bertz CT molecular complexity index is 644. The monoisotopic (exact) mass is 377 g/mol. The highest BCUT2D eigenvalue weighted by Gasteiger charge is 2.33. The van der Waals surface area contributed by atoms with Crippen molar-refractivity contribution in [2.75, 3.05) is 38.0 Å². The van der Waals surface area contributed by atoms with Gasteiger partial charge >= 0.3 is 6.18 Å². The number of alkyl halides is 3. The summed E-state index contributed by atoms with van der Waals surface area (Å²) in [7, 11) is 0. The summed E-state index contributed by atoms with van der Waals surface area (Å²) >= 11 is 5.56. The number of carbonyl (C=O) groups is 2. The number of nitrogens with one attached hydrogen (secondary N) is 1. The van der Waals surface area contributed by atoms with Crippen LogP contribution in [0.3, 0.4) is 0 Å². The largest absolute Gasteiger partial charge is 0.417 e. The van der Waals surface area contributed by atoms with E-state index in [9.17, 15) is 22.8 Å². The normalized spacial score (nSPS) is 15.2. The molecule has 1 saturated heterocycles. The van der Waals surface area contributed by atoms with Crippen LogP contribution in [0.2, 0.25) is 5.02 Å². The maximum Gasteiger partial charge on any atom is 0.417 e. The van der Waals surface area contributed by atoms with E-state index in [2.05, 4.69) is 5.32 Å². The van der Waals surface area contributed by atoms with Crippen LogP contribution in [0.5, 0.6) is 0 Å². The van der Waals surface area contributed by atoms with E-state index in [4.69, 9.17) is 11.6 Å². The van der Waals surface area contributed by atoms with Crippen molar-refractivity contribution < 1.29 is 22.8 Å². The summed E-state index contributed by atoms with van der Waals surface area (Å²) in [6.07, 6.45) is -4.37. The second kappa shape index (κ2) is 7.95. The van der Waals surface area contributed by atoms with Crippen molar-refractivity contribution in [3.05, 3.63) is 28.8 Å². The van der Waals surface area contributed by atoms with Crippen molar-refractivity contribution in [2.45, 2.75) is 19.5 Å². The Labute approximate surface area is 148 Å². The average Bonchev–Trinajstić information content (AvgIpc) is 2.55. The van der Waals surface area contributed by atoms with Gasteiger partial charge in [-0.1, -0.05) is 11.6 Å². The maximum atomic E-state index is 12.8. The highest BCUT2D eigenvalue weighted by atomic mass is 35.5. The van der Waals surface area contributed by atoms with Gasteiger partial charge < -0.3 is 15.1 Å². The minimum absolute atomic E-state index is 0.0167. The Balaban J connectivity index is 1.83. The Morgan fingerprint density at radius 2 is 1.76 bits per heavy atom. The first-order valence-electron chi connectivity index (χ1n) is 7.82. The van der Waals surface area contributed by atoms with Crippen molar-refractivity contribution in [3.63, 3.8) is 0 Å². The Morgan fingerprint density at radius 3 is 2.32 bits per heavy atom. The zero-order valence-corrected chi connectivity index (χ0v) is 14.5. The lowest BCUT2D eigenvalue weighted by atomic mass is 10.2. The lowest BCUT2D eigenvalue weighted by Gasteiger charge is -2.34. The van der Waals surface area contributed by atoms with Gasteiger partial charge in [0, 0.05) is 51.8 Å². The smallest absolute Gasteiger partial charge is 0.385 e. The van der Waals surface area contributed by atoms with Crippen molar-refractivity contribution in [3.8, 4) is 0 Å². The Morgan fingerprint density at radius 1 is 1.16 bits per heavy atom. The van der Waals surface area contributed by atoms with Gasteiger partial charge in [0.05, 0.1) is 10.6 Å². The molecule has 0 unspecified atom stereocenters. The predicted octanol–water partition coefficient (Wildman–Crippen LogP) is 2.85. The van der Waals surface area contributed by atoms with E-state index in [0.29, 0.717) is 26.2 Å². The third-order valence-electron chi connectivity index (χ3n) is 4.02. The van der Waals surface area contributed by atoms with Crippen LogP contribution in [0.15, 0.2) is 18.2 Å². The first kappa shape index (κ1) is 19.4. The molecule has 5 nitrogen and oxygen atoms in total. The highest BCUT2D eigenvalue weighted by molar-refractivity contribution is 6.31. The van der Waals surface area contributed by atoms with Crippen LogP contribution in [0.1, 0.15) is 18.9 Å². The number of piperazine rings is 1. The van der Waals surface area contributed by atoms with Crippen LogP contribution >= 0.6 is 11.6 Å². The topological polar surface area (TPSA) is 52.7 Å². The number of hydrogen-bond acceptors (Lipinski definition) is 3. The van der Waals surface area contributed by atoms with Gasteiger partial charge in [-0.05, 0) is 18.2 Å². The molecule has 0 saturated carbocycles. The van der Waals surface area contributed by atoms with Gasteiger partial charge in [-0.25, -0.2) is 0 Å². The number of halogens is 4. The summed E-state index contributed by atoms with van der Waals surface area (Å²) in [6, 6.07) is 3.54. The minimum atomic E-state index is -4.53. The second-order valence-corrected chi connectivity index (χ2v) is 6.16. The van der Waals surface area contributed by atoms with Crippen LogP contribution < -0.4 is 5.32 Å². The molecule has 0 spiro atoms. The fraction of sp³-hybridized carbons (Fsp3) is 0.500. The molecule has 0 radical (unpaired) electrons. The van der Waals surface area contributed by atoms with E-state index in [1.54, 1.807) is 9.80 Å². The highest BCUT2D eigenvalue weighted by Crippen LogP contribution is 2.36. The number of hydrogen-bond donors (Lipinski definition) is 1. The molecular formula is C16H19ClF3N3O2. The number of rotatable bonds is 4. The summed E-state index contributed by atoms with van der Waals surface area (Å²) in [4.78, 5) is 26.7. The number of amides is 2. The molecule has 2 amide bonds. The lowest BCUT2D eigenvalue weighted by molar-refractivity contribution is -0.138. The van der Waals surface area contributed by atoms with E-state index in [0.717, 1.165) is 6.07 Å². The molecule has 1 aliphatic rings. The maximum absolute atomic E-state index is 12.8. The molecule has 0 bridgehead atoms. The minimum Gasteiger partial charge on any atom is -0.385 e. The first-order valence-corrected chi connectivity index (χ1v) is 8.20.